The van der Waals surface area contributed by atoms with Crippen molar-refractivity contribution in [2.24, 2.45) is 5.92 Å². The number of nitrogens with one attached hydrogen (secondary N) is 1. The van der Waals surface area contributed by atoms with E-state index in [0.29, 0.717) is 5.89 Å². The molecule has 1 aromatic carbocycles. The highest BCUT2D eigenvalue weighted by Gasteiger charge is 2.20. The molecule has 1 aromatic heterocycles. The Bertz CT molecular complexity index is 617. The second kappa shape index (κ2) is 7.70. The molecule has 0 radical (unpaired) electrons. The van der Waals surface area contributed by atoms with Crippen molar-refractivity contribution in [1.82, 2.24) is 20.4 Å². The van der Waals surface area contributed by atoms with Crippen molar-refractivity contribution in [3.63, 3.8) is 0 Å². The normalized spacial score (nSPS) is 16.8. The van der Waals surface area contributed by atoms with Gasteiger partial charge < -0.3 is 9.84 Å². The highest BCUT2D eigenvalue weighted by molar-refractivity contribution is 5.57. The van der Waals surface area contributed by atoms with E-state index in [2.05, 4.69) is 33.3 Å². The third kappa shape index (κ3) is 4.18. The number of aromatic nitrogens is 2. The van der Waals surface area contributed by atoms with Gasteiger partial charge in [0.2, 0.25) is 0 Å². The molecule has 0 bridgehead atoms. The van der Waals surface area contributed by atoms with Crippen molar-refractivity contribution in [2.75, 3.05) is 26.7 Å². The lowest BCUT2D eigenvalue weighted by molar-refractivity contribution is 0.167. The lowest BCUT2D eigenvalue weighted by atomic mass is 9.93. The first-order valence-electron chi connectivity index (χ1n) is 8.52. The van der Waals surface area contributed by atoms with Crippen LogP contribution in [0.2, 0.25) is 0 Å². The topological polar surface area (TPSA) is 54.2 Å². The summed E-state index contributed by atoms with van der Waals surface area (Å²) < 4.78 is 5.45. The molecule has 2 heterocycles. The van der Waals surface area contributed by atoms with Gasteiger partial charge in [-0.1, -0.05) is 23.4 Å². The Morgan fingerprint density at radius 1 is 1.26 bits per heavy atom. The summed E-state index contributed by atoms with van der Waals surface area (Å²) in [5, 5.41) is 7.40. The molecule has 0 saturated carbocycles. The number of hydrogen-bond donors (Lipinski definition) is 1. The van der Waals surface area contributed by atoms with Crippen LogP contribution in [0, 0.1) is 12.8 Å². The fourth-order valence-corrected chi connectivity index (χ4v) is 3.22. The molecule has 3 rings (SSSR count). The molecule has 1 aliphatic rings. The average Bonchev–Trinajstić information content (AvgIpc) is 3.03. The Kier molecular flexibility index (Phi) is 5.41. The Morgan fingerprint density at radius 3 is 2.78 bits per heavy atom. The maximum absolute atomic E-state index is 5.45. The lowest BCUT2D eigenvalue weighted by Gasteiger charge is -2.31. The summed E-state index contributed by atoms with van der Waals surface area (Å²) in [4.78, 5) is 7.01. The molecule has 0 aliphatic carbocycles. The van der Waals surface area contributed by atoms with Crippen molar-refractivity contribution in [3.05, 3.63) is 35.7 Å². The van der Waals surface area contributed by atoms with E-state index in [4.69, 9.17) is 4.52 Å². The van der Waals surface area contributed by atoms with Gasteiger partial charge in [0, 0.05) is 5.56 Å². The maximum atomic E-state index is 5.45. The quantitative estimate of drug-likeness (QED) is 0.888. The first-order chi connectivity index (χ1) is 11.3. The summed E-state index contributed by atoms with van der Waals surface area (Å²) in [7, 11) is 2.03. The molecule has 1 N–H and O–H groups in total. The fourth-order valence-electron chi connectivity index (χ4n) is 3.22. The van der Waals surface area contributed by atoms with Crippen LogP contribution in [0.1, 0.15) is 30.7 Å². The van der Waals surface area contributed by atoms with E-state index in [9.17, 15) is 0 Å². The molecule has 0 spiro atoms. The average molecular weight is 314 g/mol. The van der Waals surface area contributed by atoms with Crippen LogP contribution in [0.3, 0.4) is 0 Å². The fraction of sp³-hybridized carbons (Fsp3) is 0.556. The van der Waals surface area contributed by atoms with Gasteiger partial charge in [0.25, 0.3) is 5.89 Å². The number of benzene rings is 1. The van der Waals surface area contributed by atoms with Crippen molar-refractivity contribution in [1.29, 1.82) is 0 Å². The molecule has 124 valence electrons. The second-order valence-corrected chi connectivity index (χ2v) is 6.44. The molecule has 1 fully saturated rings. The number of rotatable bonds is 6. The van der Waals surface area contributed by atoms with E-state index in [0.717, 1.165) is 49.0 Å². The zero-order valence-electron chi connectivity index (χ0n) is 14.1. The van der Waals surface area contributed by atoms with Crippen LogP contribution in [0.15, 0.2) is 28.8 Å². The van der Waals surface area contributed by atoms with Gasteiger partial charge in [-0.15, -0.1) is 0 Å². The van der Waals surface area contributed by atoms with Crippen LogP contribution in [0.4, 0.5) is 0 Å². The minimum Gasteiger partial charge on any atom is -0.334 e. The number of hydrogen-bond acceptors (Lipinski definition) is 5. The summed E-state index contributed by atoms with van der Waals surface area (Å²) in [5.41, 5.74) is 2.19. The third-order valence-electron chi connectivity index (χ3n) is 4.72. The highest BCUT2D eigenvalue weighted by atomic mass is 16.5. The molecule has 5 heteroatoms. The first-order valence-corrected chi connectivity index (χ1v) is 8.52. The zero-order valence-corrected chi connectivity index (χ0v) is 14.1. The molecule has 0 atom stereocenters. The Labute approximate surface area is 138 Å². The van der Waals surface area contributed by atoms with Crippen LogP contribution < -0.4 is 5.32 Å². The number of nitrogens with zero attached hydrogens (tertiary/aromatic N) is 3. The van der Waals surface area contributed by atoms with Crippen LogP contribution >= 0.6 is 0 Å². The third-order valence-corrected chi connectivity index (χ3v) is 4.72. The summed E-state index contributed by atoms with van der Waals surface area (Å²) >= 11 is 0. The van der Waals surface area contributed by atoms with Crippen LogP contribution in [-0.2, 0) is 6.54 Å². The number of aryl methyl sites for hydroxylation is 1. The van der Waals surface area contributed by atoms with Gasteiger partial charge in [-0.05, 0) is 70.4 Å². The molecule has 1 aliphatic heterocycles. The van der Waals surface area contributed by atoms with Gasteiger partial charge in [-0.3, -0.25) is 4.90 Å². The highest BCUT2D eigenvalue weighted by Crippen LogP contribution is 2.23. The monoisotopic (exact) mass is 314 g/mol. The predicted molar refractivity (Wildman–Crippen MR) is 91.0 cm³/mol. The lowest BCUT2D eigenvalue weighted by Crippen LogP contribution is -2.34. The minimum atomic E-state index is 0.627. The van der Waals surface area contributed by atoms with Gasteiger partial charge in [0.1, 0.15) is 0 Å². The SMILES string of the molecule is CNCCC1CCN(Cc2noc(-c3ccccc3C)n2)CC1. The van der Waals surface area contributed by atoms with E-state index >= 15 is 0 Å². The van der Waals surface area contributed by atoms with Crippen LogP contribution in [-0.4, -0.2) is 41.7 Å². The van der Waals surface area contributed by atoms with Crippen molar-refractivity contribution in [2.45, 2.75) is 32.7 Å². The summed E-state index contributed by atoms with van der Waals surface area (Å²) in [6.07, 6.45) is 3.82. The molecular weight excluding hydrogens is 288 g/mol. The van der Waals surface area contributed by atoms with Crippen molar-refractivity contribution < 1.29 is 4.52 Å². The Hall–Kier alpha value is -1.72. The van der Waals surface area contributed by atoms with Crippen molar-refractivity contribution >= 4 is 0 Å². The summed E-state index contributed by atoms with van der Waals surface area (Å²) in [6, 6.07) is 8.12. The number of likely N-dealkylation sites (tertiary alicyclic amines) is 1. The molecule has 5 nitrogen and oxygen atoms in total. The standard InChI is InChI=1S/C18H26N4O/c1-14-5-3-4-6-16(14)18-20-17(21-23-18)13-22-11-8-15(9-12-22)7-10-19-2/h3-6,15,19H,7-13H2,1-2H3. The van der Waals surface area contributed by atoms with E-state index in [-0.39, 0.29) is 0 Å². The van der Waals surface area contributed by atoms with Crippen LogP contribution in [0.5, 0.6) is 0 Å². The van der Waals surface area contributed by atoms with Gasteiger partial charge >= 0.3 is 0 Å². The second-order valence-electron chi connectivity index (χ2n) is 6.44. The molecule has 2 aromatic rings. The Balaban J connectivity index is 1.55. The van der Waals surface area contributed by atoms with Crippen LogP contribution in [0.25, 0.3) is 11.5 Å². The first kappa shape index (κ1) is 16.1. The van der Waals surface area contributed by atoms with E-state index in [1.807, 2.05) is 25.2 Å². The van der Waals surface area contributed by atoms with Crippen molar-refractivity contribution in [3.8, 4) is 11.5 Å². The van der Waals surface area contributed by atoms with E-state index < -0.39 is 0 Å². The Morgan fingerprint density at radius 2 is 2.04 bits per heavy atom. The minimum absolute atomic E-state index is 0.627. The molecular formula is C18H26N4O. The van der Waals surface area contributed by atoms with Gasteiger partial charge in [-0.2, -0.15) is 4.98 Å². The summed E-state index contributed by atoms with van der Waals surface area (Å²) in [6.45, 7) is 6.23. The smallest absolute Gasteiger partial charge is 0.258 e. The molecule has 1 saturated heterocycles. The van der Waals surface area contributed by atoms with E-state index in [1.54, 1.807) is 0 Å². The predicted octanol–water partition coefficient (Wildman–Crippen LogP) is 2.87. The maximum Gasteiger partial charge on any atom is 0.258 e. The zero-order chi connectivity index (χ0) is 16.1. The van der Waals surface area contributed by atoms with Gasteiger partial charge in [-0.25, -0.2) is 0 Å². The molecule has 0 unspecified atom stereocenters. The molecule has 0 amide bonds. The summed E-state index contributed by atoms with van der Waals surface area (Å²) in [5.74, 6) is 2.27. The van der Waals surface area contributed by atoms with E-state index in [1.165, 1.54) is 19.3 Å². The van der Waals surface area contributed by atoms with Gasteiger partial charge in [0.05, 0.1) is 6.54 Å². The molecule has 23 heavy (non-hydrogen) atoms. The van der Waals surface area contributed by atoms with Gasteiger partial charge in [0.15, 0.2) is 5.82 Å². The number of piperidine rings is 1. The largest absolute Gasteiger partial charge is 0.334 e.